The Morgan fingerprint density at radius 1 is 1.24 bits per heavy atom. The van der Waals surface area contributed by atoms with E-state index in [1.54, 1.807) is 6.07 Å². The third-order valence-electron chi connectivity index (χ3n) is 2.50. The normalized spacial score (nSPS) is 10.6. The summed E-state index contributed by atoms with van der Waals surface area (Å²) in [6.45, 7) is 5.93. The molecule has 0 aliphatic heterocycles. The van der Waals surface area contributed by atoms with Crippen LogP contribution in [-0.2, 0) is 5.41 Å². The number of nitrogens with zero attached hydrogens (tertiary/aromatic N) is 2. The third kappa shape index (κ3) is 3.60. The summed E-state index contributed by atoms with van der Waals surface area (Å²) in [5.41, 5.74) is 1.59. The standard InChI is InChI=1S/C12H18N2O2.ClH/c1-12(2,3)10-7-6-9(13(4)5)8-11(10)14(15)16;/h6-8H,1-5H3;1H. The van der Waals surface area contributed by atoms with E-state index in [4.69, 9.17) is 0 Å². The predicted molar refractivity (Wildman–Crippen MR) is 73.4 cm³/mol. The van der Waals surface area contributed by atoms with Crippen molar-refractivity contribution in [1.82, 2.24) is 0 Å². The van der Waals surface area contributed by atoms with Crippen molar-refractivity contribution in [2.24, 2.45) is 0 Å². The van der Waals surface area contributed by atoms with E-state index in [1.165, 1.54) is 0 Å². The first-order valence-corrected chi connectivity index (χ1v) is 5.19. The van der Waals surface area contributed by atoms with Gasteiger partial charge in [0.15, 0.2) is 0 Å². The first kappa shape index (κ1) is 15.7. The van der Waals surface area contributed by atoms with Crippen molar-refractivity contribution in [2.45, 2.75) is 26.2 Å². The lowest BCUT2D eigenvalue weighted by Crippen LogP contribution is -2.15. The summed E-state index contributed by atoms with van der Waals surface area (Å²) in [5, 5.41) is 11.0. The highest BCUT2D eigenvalue weighted by Gasteiger charge is 2.25. The molecule has 0 atom stereocenters. The Labute approximate surface area is 108 Å². The Kier molecular flexibility index (Phi) is 4.95. The van der Waals surface area contributed by atoms with Crippen molar-refractivity contribution in [1.29, 1.82) is 0 Å². The lowest BCUT2D eigenvalue weighted by atomic mass is 9.85. The molecule has 1 aromatic carbocycles. The van der Waals surface area contributed by atoms with Crippen molar-refractivity contribution >= 4 is 23.8 Å². The molecule has 0 spiro atoms. The van der Waals surface area contributed by atoms with E-state index in [0.717, 1.165) is 11.3 Å². The van der Waals surface area contributed by atoms with Crippen molar-refractivity contribution in [2.75, 3.05) is 19.0 Å². The summed E-state index contributed by atoms with van der Waals surface area (Å²) >= 11 is 0. The lowest BCUT2D eigenvalue weighted by Gasteiger charge is -2.20. The third-order valence-corrected chi connectivity index (χ3v) is 2.50. The van der Waals surface area contributed by atoms with E-state index in [0.29, 0.717) is 0 Å². The molecule has 17 heavy (non-hydrogen) atoms. The lowest BCUT2D eigenvalue weighted by molar-refractivity contribution is -0.385. The minimum atomic E-state index is -0.312. The average Bonchev–Trinajstić information content (AvgIpc) is 2.15. The summed E-state index contributed by atoms with van der Waals surface area (Å²) in [5.74, 6) is 0. The van der Waals surface area contributed by atoms with Crippen LogP contribution in [0.5, 0.6) is 0 Å². The average molecular weight is 259 g/mol. The van der Waals surface area contributed by atoms with Crippen LogP contribution in [0.25, 0.3) is 0 Å². The maximum atomic E-state index is 11.0. The van der Waals surface area contributed by atoms with E-state index in [1.807, 2.05) is 51.9 Å². The number of anilines is 1. The predicted octanol–water partition coefficient (Wildman–Crippen LogP) is 3.38. The maximum absolute atomic E-state index is 11.0. The number of hydrogen-bond donors (Lipinski definition) is 0. The van der Waals surface area contributed by atoms with Crippen molar-refractivity contribution in [3.63, 3.8) is 0 Å². The van der Waals surface area contributed by atoms with Gasteiger partial charge in [-0.05, 0) is 17.5 Å². The van der Waals surface area contributed by atoms with Gasteiger partial charge in [0, 0.05) is 31.4 Å². The molecule has 4 nitrogen and oxygen atoms in total. The zero-order valence-electron chi connectivity index (χ0n) is 10.9. The Balaban J connectivity index is 0.00000256. The molecule has 0 bridgehead atoms. The van der Waals surface area contributed by atoms with Crippen LogP contribution in [0.1, 0.15) is 26.3 Å². The fraction of sp³-hybridized carbons (Fsp3) is 0.500. The largest absolute Gasteiger partial charge is 0.377 e. The van der Waals surface area contributed by atoms with Gasteiger partial charge in [-0.25, -0.2) is 0 Å². The summed E-state index contributed by atoms with van der Waals surface area (Å²) < 4.78 is 0. The highest BCUT2D eigenvalue weighted by atomic mass is 35.5. The minimum Gasteiger partial charge on any atom is -0.377 e. The molecular weight excluding hydrogens is 240 g/mol. The van der Waals surface area contributed by atoms with Gasteiger partial charge in [0.2, 0.25) is 0 Å². The Hall–Kier alpha value is -1.29. The molecule has 1 rings (SSSR count). The smallest absolute Gasteiger partial charge is 0.275 e. The minimum absolute atomic E-state index is 0. The number of nitro groups is 1. The molecule has 0 N–H and O–H groups in total. The first-order valence-electron chi connectivity index (χ1n) is 5.19. The molecule has 5 heteroatoms. The van der Waals surface area contributed by atoms with Crippen LogP contribution in [-0.4, -0.2) is 19.0 Å². The van der Waals surface area contributed by atoms with E-state index in [2.05, 4.69) is 0 Å². The van der Waals surface area contributed by atoms with Crippen LogP contribution in [0.3, 0.4) is 0 Å². The molecule has 0 fully saturated rings. The van der Waals surface area contributed by atoms with Gasteiger partial charge in [-0.3, -0.25) is 10.1 Å². The molecule has 0 radical (unpaired) electrons. The van der Waals surface area contributed by atoms with Gasteiger partial charge in [-0.2, -0.15) is 0 Å². The van der Waals surface area contributed by atoms with Crippen molar-refractivity contribution < 1.29 is 4.92 Å². The maximum Gasteiger partial charge on any atom is 0.275 e. The van der Waals surface area contributed by atoms with Gasteiger partial charge in [-0.1, -0.05) is 20.8 Å². The van der Waals surface area contributed by atoms with Gasteiger partial charge >= 0.3 is 0 Å². The molecular formula is C12H19ClN2O2. The van der Waals surface area contributed by atoms with Crippen LogP contribution in [0.2, 0.25) is 0 Å². The van der Waals surface area contributed by atoms with Gasteiger partial charge < -0.3 is 4.90 Å². The fourth-order valence-electron chi connectivity index (χ4n) is 1.58. The second-order valence-electron chi connectivity index (χ2n) is 5.10. The van der Waals surface area contributed by atoms with Gasteiger partial charge in [0.05, 0.1) is 4.92 Å². The molecule has 0 aliphatic rings. The van der Waals surface area contributed by atoms with E-state index >= 15 is 0 Å². The molecule has 0 amide bonds. The zero-order chi connectivity index (χ0) is 12.5. The Morgan fingerprint density at radius 2 is 1.76 bits per heavy atom. The quantitative estimate of drug-likeness (QED) is 0.603. The van der Waals surface area contributed by atoms with E-state index in [9.17, 15) is 10.1 Å². The highest BCUT2D eigenvalue weighted by Crippen LogP contribution is 2.33. The first-order chi connectivity index (χ1) is 7.23. The molecule has 96 valence electrons. The Morgan fingerprint density at radius 3 is 2.12 bits per heavy atom. The monoisotopic (exact) mass is 258 g/mol. The highest BCUT2D eigenvalue weighted by molar-refractivity contribution is 5.85. The molecule has 0 aliphatic carbocycles. The molecule has 1 aromatic rings. The van der Waals surface area contributed by atoms with Crippen LogP contribution in [0, 0.1) is 10.1 Å². The summed E-state index contributed by atoms with van der Waals surface area (Å²) in [6, 6.07) is 5.38. The van der Waals surface area contributed by atoms with Crippen LogP contribution < -0.4 is 4.90 Å². The molecule has 0 saturated heterocycles. The summed E-state index contributed by atoms with van der Waals surface area (Å²) in [4.78, 5) is 12.6. The van der Waals surface area contributed by atoms with Crippen LogP contribution in [0.4, 0.5) is 11.4 Å². The molecule has 0 unspecified atom stereocenters. The zero-order valence-corrected chi connectivity index (χ0v) is 11.7. The second-order valence-corrected chi connectivity index (χ2v) is 5.10. The number of nitro benzene ring substituents is 1. The summed E-state index contributed by atoms with van der Waals surface area (Å²) in [6.07, 6.45) is 0. The summed E-state index contributed by atoms with van der Waals surface area (Å²) in [7, 11) is 3.74. The number of benzene rings is 1. The van der Waals surface area contributed by atoms with E-state index in [-0.39, 0.29) is 28.4 Å². The molecule has 0 aromatic heterocycles. The number of rotatable bonds is 2. The topological polar surface area (TPSA) is 46.4 Å². The molecule has 0 saturated carbocycles. The van der Waals surface area contributed by atoms with Crippen LogP contribution in [0.15, 0.2) is 18.2 Å². The number of halogens is 1. The van der Waals surface area contributed by atoms with E-state index < -0.39 is 0 Å². The fourth-order valence-corrected chi connectivity index (χ4v) is 1.58. The second kappa shape index (κ2) is 5.36. The van der Waals surface area contributed by atoms with Crippen molar-refractivity contribution in [3.8, 4) is 0 Å². The van der Waals surface area contributed by atoms with Gasteiger partial charge in [0.25, 0.3) is 5.69 Å². The number of hydrogen-bond acceptors (Lipinski definition) is 3. The van der Waals surface area contributed by atoms with Crippen molar-refractivity contribution in [3.05, 3.63) is 33.9 Å². The Bertz CT molecular complexity index is 411. The SMILES string of the molecule is CN(C)c1ccc(C(C)(C)C)c([N+](=O)[O-])c1.Cl. The van der Waals surface area contributed by atoms with Gasteiger partial charge in [-0.15, -0.1) is 12.4 Å². The van der Waals surface area contributed by atoms with Gasteiger partial charge in [0.1, 0.15) is 0 Å². The molecule has 0 heterocycles. The van der Waals surface area contributed by atoms with Crippen LogP contribution >= 0.6 is 12.4 Å².